The highest BCUT2D eigenvalue weighted by Crippen LogP contribution is 2.11. The Morgan fingerprint density at radius 1 is 1.23 bits per heavy atom. The van der Waals surface area contributed by atoms with Crippen molar-refractivity contribution in [2.45, 2.75) is 0 Å². The van der Waals surface area contributed by atoms with Crippen molar-refractivity contribution in [3.63, 3.8) is 0 Å². The van der Waals surface area contributed by atoms with Crippen LogP contribution in [0.25, 0.3) is 0 Å². The highest BCUT2D eigenvalue weighted by molar-refractivity contribution is 6.30. The molecule has 1 N–H and O–H groups in total. The number of nitrogens with one attached hydrogen (secondary N) is 1. The fourth-order valence-corrected chi connectivity index (χ4v) is 1.66. The van der Waals surface area contributed by atoms with Crippen LogP contribution < -0.4 is 10.2 Å². The number of amides is 1. The smallest absolute Gasteiger partial charge is 0.277 e. The van der Waals surface area contributed by atoms with E-state index >= 15 is 0 Å². The van der Waals surface area contributed by atoms with Crippen molar-refractivity contribution in [3.05, 3.63) is 64.7 Å². The van der Waals surface area contributed by atoms with Crippen molar-refractivity contribution in [1.29, 1.82) is 5.26 Å². The highest BCUT2D eigenvalue weighted by Gasteiger charge is 2.01. The first-order chi connectivity index (χ1) is 10.7. The molecule has 0 saturated heterocycles. The summed E-state index contributed by atoms with van der Waals surface area (Å²) in [6, 6.07) is 15.5. The standard InChI is InChI=1S/C16H12ClN3O2/c17-14-5-1-13(2-6-14)10-19-20-16(21)11-22-15-7-3-12(9-18)4-8-15/h1-8,10H,11H2,(H,20,21)/b19-10-. The average molecular weight is 314 g/mol. The van der Waals surface area contributed by atoms with Crippen LogP contribution in [0.15, 0.2) is 53.6 Å². The molecule has 2 rings (SSSR count). The Labute approximate surface area is 132 Å². The molecule has 0 aliphatic carbocycles. The summed E-state index contributed by atoms with van der Waals surface area (Å²) in [5.74, 6) is 0.130. The van der Waals surface area contributed by atoms with E-state index in [1.54, 1.807) is 48.5 Å². The van der Waals surface area contributed by atoms with Crippen LogP contribution in [0.4, 0.5) is 0 Å². The molecule has 0 aliphatic rings. The van der Waals surface area contributed by atoms with E-state index in [0.717, 1.165) is 5.56 Å². The van der Waals surface area contributed by atoms with Crippen molar-refractivity contribution in [2.75, 3.05) is 6.61 Å². The maximum Gasteiger partial charge on any atom is 0.277 e. The van der Waals surface area contributed by atoms with Gasteiger partial charge >= 0.3 is 0 Å². The molecule has 0 fully saturated rings. The van der Waals surface area contributed by atoms with Crippen LogP contribution in [0, 0.1) is 11.3 Å². The summed E-state index contributed by atoms with van der Waals surface area (Å²) in [4.78, 5) is 11.6. The number of carbonyl (C=O) groups excluding carboxylic acids is 1. The van der Waals surface area contributed by atoms with Gasteiger partial charge in [0.05, 0.1) is 17.8 Å². The van der Waals surface area contributed by atoms with Gasteiger partial charge in [0.2, 0.25) is 0 Å². The van der Waals surface area contributed by atoms with Gasteiger partial charge in [-0.15, -0.1) is 0 Å². The first-order valence-corrected chi connectivity index (χ1v) is 6.75. The van der Waals surface area contributed by atoms with Crippen LogP contribution in [0.5, 0.6) is 5.75 Å². The largest absolute Gasteiger partial charge is 0.484 e. The molecule has 2 aromatic rings. The quantitative estimate of drug-likeness (QED) is 0.681. The molecule has 0 radical (unpaired) electrons. The zero-order valence-corrected chi connectivity index (χ0v) is 12.2. The van der Waals surface area contributed by atoms with Gasteiger partial charge in [0.15, 0.2) is 6.61 Å². The lowest BCUT2D eigenvalue weighted by molar-refractivity contribution is -0.123. The Bertz CT molecular complexity index is 704. The van der Waals surface area contributed by atoms with Gasteiger partial charge in [0, 0.05) is 5.02 Å². The summed E-state index contributed by atoms with van der Waals surface area (Å²) < 4.78 is 5.27. The van der Waals surface area contributed by atoms with E-state index in [4.69, 9.17) is 21.6 Å². The Hall–Kier alpha value is -2.84. The minimum absolute atomic E-state index is 0.163. The van der Waals surface area contributed by atoms with Crippen molar-refractivity contribution in [1.82, 2.24) is 5.43 Å². The van der Waals surface area contributed by atoms with E-state index in [1.807, 2.05) is 6.07 Å². The maximum absolute atomic E-state index is 11.6. The lowest BCUT2D eigenvalue weighted by Crippen LogP contribution is -2.24. The van der Waals surface area contributed by atoms with Crippen LogP contribution in [-0.2, 0) is 4.79 Å². The number of benzene rings is 2. The molecule has 0 heterocycles. The summed E-state index contributed by atoms with van der Waals surface area (Å²) in [7, 11) is 0. The summed E-state index contributed by atoms with van der Waals surface area (Å²) in [6.07, 6.45) is 1.51. The number of nitrogens with zero attached hydrogens (tertiary/aromatic N) is 2. The van der Waals surface area contributed by atoms with Gasteiger partial charge in [-0.3, -0.25) is 4.79 Å². The van der Waals surface area contributed by atoms with Crippen molar-refractivity contribution < 1.29 is 9.53 Å². The Kier molecular flexibility index (Phi) is 5.52. The SMILES string of the molecule is N#Cc1ccc(OCC(=O)N/N=C\c2ccc(Cl)cc2)cc1. The molecular formula is C16H12ClN3O2. The van der Waals surface area contributed by atoms with E-state index in [2.05, 4.69) is 10.5 Å². The molecule has 0 spiro atoms. The lowest BCUT2D eigenvalue weighted by atomic mass is 10.2. The molecular weight excluding hydrogens is 302 g/mol. The number of hydrazone groups is 1. The second-order valence-corrected chi connectivity index (χ2v) is 4.71. The highest BCUT2D eigenvalue weighted by atomic mass is 35.5. The number of hydrogen-bond donors (Lipinski definition) is 1. The normalized spacial score (nSPS) is 10.2. The van der Waals surface area contributed by atoms with E-state index < -0.39 is 0 Å². The maximum atomic E-state index is 11.6. The van der Waals surface area contributed by atoms with Gasteiger partial charge in [-0.25, -0.2) is 5.43 Å². The number of rotatable bonds is 5. The van der Waals surface area contributed by atoms with Gasteiger partial charge in [0.25, 0.3) is 5.91 Å². The van der Waals surface area contributed by atoms with Crippen LogP contribution in [-0.4, -0.2) is 18.7 Å². The zero-order valence-electron chi connectivity index (χ0n) is 11.5. The Balaban J connectivity index is 1.78. The zero-order chi connectivity index (χ0) is 15.8. The van der Waals surface area contributed by atoms with Gasteiger partial charge in [-0.05, 0) is 42.0 Å². The minimum atomic E-state index is -0.380. The predicted octanol–water partition coefficient (Wildman–Crippen LogP) is 2.74. The van der Waals surface area contributed by atoms with E-state index in [1.165, 1.54) is 6.21 Å². The number of halogens is 1. The topological polar surface area (TPSA) is 74.5 Å². The van der Waals surface area contributed by atoms with Gasteiger partial charge in [-0.1, -0.05) is 23.7 Å². The van der Waals surface area contributed by atoms with Gasteiger partial charge in [-0.2, -0.15) is 10.4 Å². The van der Waals surface area contributed by atoms with E-state index in [0.29, 0.717) is 16.3 Å². The molecule has 22 heavy (non-hydrogen) atoms. The molecule has 5 nitrogen and oxygen atoms in total. The predicted molar refractivity (Wildman–Crippen MR) is 83.8 cm³/mol. The second kappa shape index (κ2) is 7.81. The fraction of sp³-hybridized carbons (Fsp3) is 0.0625. The molecule has 1 amide bonds. The van der Waals surface area contributed by atoms with Crippen LogP contribution in [0.1, 0.15) is 11.1 Å². The summed E-state index contributed by atoms with van der Waals surface area (Å²) in [5, 5.41) is 13.1. The summed E-state index contributed by atoms with van der Waals surface area (Å²) in [6.45, 7) is -0.163. The number of carbonyl (C=O) groups is 1. The summed E-state index contributed by atoms with van der Waals surface area (Å²) >= 11 is 5.77. The molecule has 110 valence electrons. The fourth-order valence-electron chi connectivity index (χ4n) is 1.53. The van der Waals surface area contributed by atoms with E-state index in [9.17, 15) is 4.79 Å². The molecule has 0 aliphatic heterocycles. The third-order valence-corrected chi connectivity index (χ3v) is 2.88. The van der Waals surface area contributed by atoms with Crippen LogP contribution in [0.3, 0.4) is 0 Å². The van der Waals surface area contributed by atoms with Crippen molar-refractivity contribution >= 4 is 23.7 Å². The van der Waals surface area contributed by atoms with Crippen molar-refractivity contribution in [2.24, 2.45) is 5.10 Å². The third-order valence-electron chi connectivity index (χ3n) is 2.63. The molecule has 2 aromatic carbocycles. The third kappa shape index (κ3) is 4.93. The monoisotopic (exact) mass is 313 g/mol. The minimum Gasteiger partial charge on any atom is -0.484 e. The Morgan fingerprint density at radius 3 is 2.55 bits per heavy atom. The molecule has 0 atom stereocenters. The lowest BCUT2D eigenvalue weighted by Gasteiger charge is -2.04. The molecule has 0 aromatic heterocycles. The van der Waals surface area contributed by atoms with Gasteiger partial charge in [0.1, 0.15) is 5.75 Å². The first kappa shape index (κ1) is 15.5. The number of ether oxygens (including phenoxy) is 1. The van der Waals surface area contributed by atoms with E-state index in [-0.39, 0.29) is 12.5 Å². The first-order valence-electron chi connectivity index (χ1n) is 6.38. The van der Waals surface area contributed by atoms with Gasteiger partial charge < -0.3 is 4.74 Å². The molecule has 0 saturated carbocycles. The molecule has 0 bridgehead atoms. The second-order valence-electron chi connectivity index (χ2n) is 4.27. The summed E-state index contributed by atoms with van der Waals surface area (Å²) in [5.41, 5.74) is 3.71. The number of hydrogen-bond acceptors (Lipinski definition) is 4. The van der Waals surface area contributed by atoms with Crippen LogP contribution >= 0.6 is 11.6 Å². The molecule has 0 unspecified atom stereocenters. The average Bonchev–Trinajstić information content (AvgIpc) is 2.55. The van der Waals surface area contributed by atoms with Crippen molar-refractivity contribution in [3.8, 4) is 11.8 Å². The Morgan fingerprint density at radius 2 is 1.91 bits per heavy atom. The van der Waals surface area contributed by atoms with Crippen LogP contribution in [0.2, 0.25) is 5.02 Å². The number of nitriles is 1. The molecule has 6 heteroatoms.